The second kappa shape index (κ2) is 11.7. The zero-order chi connectivity index (χ0) is 15.3. The minimum Gasteiger partial charge on any atom is -0.323 e. The van der Waals surface area contributed by atoms with Crippen molar-refractivity contribution in [2.45, 2.75) is 90.5 Å². The normalized spacial score (nSPS) is 12.5. The van der Waals surface area contributed by atoms with Gasteiger partial charge < -0.3 is 5.73 Å². The lowest BCUT2D eigenvalue weighted by Crippen LogP contribution is -2.12. The van der Waals surface area contributed by atoms with Gasteiger partial charge in [-0.05, 0) is 31.0 Å². The Kier molecular flexibility index (Phi) is 10.1. The highest BCUT2D eigenvalue weighted by molar-refractivity contribution is 5.16. The van der Waals surface area contributed by atoms with E-state index in [2.05, 4.69) is 24.9 Å². The average Bonchev–Trinajstić information content (AvgIpc) is 2.49. The summed E-state index contributed by atoms with van der Waals surface area (Å²) in [6, 6.07) is 4.25. The molecule has 1 aromatic heterocycles. The number of aryl methyl sites for hydroxylation is 1. The summed E-state index contributed by atoms with van der Waals surface area (Å²) < 4.78 is 0. The van der Waals surface area contributed by atoms with Crippen molar-refractivity contribution < 1.29 is 0 Å². The fourth-order valence-corrected chi connectivity index (χ4v) is 2.76. The quantitative estimate of drug-likeness (QED) is 0.501. The molecule has 1 aromatic rings. The van der Waals surface area contributed by atoms with E-state index in [1.165, 1.54) is 69.8 Å². The predicted molar refractivity (Wildman–Crippen MR) is 92.4 cm³/mol. The summed E-state index contributed by atoms with van der Waals surface area (Å²) in [7, 11) is 0. The number of unbranched alkanes of at least 4 members (excludes halogenated alkanes) is 9. The first-order chi connectivity index (χ1) is 10.2. The molecule has 0 radical (unpaired) electrons. The molecule has 0 saturated carbocycles. The molecule has 1 rings (SSSR count). The van der Waals surface area contributed by atoms with Gasteiger partial charge in [0, 0.05) is 12.2 Å². The molecule has 2 N–H and O–H groups in total. The van der Waals surface area contributed by atoms with Crippen molar-refractivity contribution in [3.8, 4) is 0 Å². The molecule has 120 valence electrons. The predicted octanol–water partition coefficient (Wildman–Crippen LogP) is 5.70. The Balaban J connectivity index is 1.96. The number of nitrogens with zero attached hydrogens (tertiary/aromatic N) is 1. The van der Waals surface area contributed by atoms with E-state index in [-0.39, 0.29) is 6.04 Å². The Morgan fingerprint density at radius 3 is 2.10 bits per heavy atom. The number of pyridine rings is 1. The van der Waals surface area contributed by atoms with Gasteiger partial charge in [0.1, 0.15) is 0 Å². The van der Waals surface area contributed by atoms with E-state index in [0.29, 0.717) is 0 Å². The molecule has 2 nitrogen and oxygen atoms in total. The number of hydrogen-bond donors (Lipinski definition) is 1. The summed E-state index contributed by atoms with van der Waals surface area (Å²) >= 11 is 0. The lowest BCUT2D eigenvalue weighted by Gasteiger charge is -2.11. The molecule has 0 bridgehead atoms. The van der Waals surface area contributed by atoms with E-state index in [0.717, 1.165) is 12.1 Å². The van der Waals surface area contributed by atoms with Crippen molar-refractivity contribution in [3.63, 3.8) is 0 Å². The van der Waals surface area contributed by atoms with Crippen LogP contribution in [0.2, 0.25) is 0 Å². The van der Waals surface area contributed by atoms with E-state index in [1.54, 1.807) is 0 Å². The van der Waals surface area contributed by atoms with Crippen LogP contribution < -0.4 is 5.73 Å². The first-order valence-corrected chi connectivity index (χ1v) is 8.92. The zero-order valence-corrected chi connectivity index (χ0v) is 14.1. The van der Waals surface area contributed by atoms with Crippen molar-refractivity contribution in [1.82, 2.24) is 4.98 Å². The van der Waals surface area contributed by atoms with Crippen LogP contribution in [-0.4, -0.2) is 4.98 Å². The molecule has 2 heteroatoms. The van der Waals surface area contributed by atoms with E-state index >= 15 is 0 Å². The lowest BCUT2D eigenvalue weighted by molar-refractivity contribution is 0.525. The molecule has 0 aliphatic rings. The largest absolute Gasteiger partial charge is 0.323 e. The van der Waals surface area contributed by atoms with Crippen LogP contribution in [-0.2, 0) is 0 Å². The van der Waals surface area contributed by atoms with Crippen molar-refractivity contribution in [2.24, 2.45) is 5.73 Å². The van der Waals surface area contributed by atoms with Gasteiger partial charge in [-0.2, -0.15) is 0 Å². The molecule has 0 saturated heterocycles. The highest BCUT2D eigenvalue weighted by Crippen LogP contribution is 2.17. The highest BCUT2D eigenvalue weighted by atomic mass is 14.8. The van der Waals surface area contributed by atoms with Crippen LogP contribution in [0.5, 0.6) is 0 Å². The SMILES string of the molecule is CCCCCCCCCCCCC(N)c1cc(C)ccn1. The molecular formula is C19H34N2. The fourth-order valence-electron chi connectivity index (χ4n) is 2.76. The standard InChI is InChI=1S/C19H34N2/c1-3-4-5-6-7-8-9-10-11-12-13-18(20)19-16-17(2)14-15-21-19/h14-16,18H,3-13,20H2,1-2H3. The lowest BCUT2D eigenvalue weighted by atomic mass is 10.0. The maximum Gasteiger partial charge on any atom is 0.0573 e. The first kappa shape index (κ1) is 18.2. The van der Waals surface area contributed by atoms with Gasteiger partial charge in [0.05, 0.1) is 5.69 Å². The third-order valence-corrected chi connectivity index (χ3v) is 4.19. The molecule has 21 heavy (non-hydrogen) atoms. The minimum atomic E-state index is 0.110. The van der Waals surface area contributed by atoms with Crippen LogP contribution in [0.25, 0.3) is 0 Å². The van der Waals surface area contributed by atoms with E-state index < -0.39 is 0 Å². The Hall–Kier alpha value is -0.890. The highest BCUT2D eigenvalue weighted by Gasteiger charge is 2.06. The van der Waals surface area contributed by atoms with Crippen molar-refractivity contribution in [2.75, 3.05) is 0 Å². The molecule has 1 heterocycles. The van der Waals surface area contributed by atoms with Crippen LogP contribution in [0, 0.1) is 6.92 Å². The third kappa shape index (κ3) is 8.87. The van der Waals surface area contributed by atoms with Crippen LogP contribution in [0.15, 0.2) is 18.3 Å². The third-order valence-electron chi connectivity index (χ3n) is 4.19. The van der Waals surface area contributed by atoms with Gasteiger partial charge in [0.15, 0.2) is 0 Å². The molecule has 0 aromatic carbocycles. The molecular weight excluding hydrogens is 256 g/mol. The summed E-state index contributed by atoms with van der Waals surface area (Å²) in [5, 5.41) is 0. The summed E-state index contributed by atoms with van der Waals surface area (Å²) in [6.45, 7) is 4.37. The molecule has 0 aliphatic heterocycles. The van der Waals surface area contributed by atoms with Gasteiger partial charge in [-0.15, -0.1) is 0 Å². The zero-order valence-electron chi connectivity index (χ0n) is 14.1. The first-order valence-electron chi connectivity index (χ1n) is 8.92. The van der Waals surface area contributed by atoms with Crippen LogP contribution in [0.1, 0.15) is 94.9 Å². The van der Waals surface area contributed by atoms with Gasteiger partial charge in [0.25, 0.3) is 0 Å². The Bertz CT molecular complexity index is 362. The van der Waals surface area contributed by atoms with Gasteiger partial charge in [-0.25, -0.2) is 0 Å². The summed E-state index contributed by atoms with van der Waals surface area (Å²) in [6.07, 6.45) is 16.7. The van der Waals surface area contributed by atoms with E-state index in [1.807, 2.05) is 12.3 Å². The smallest absolute Gasteiger partial charge is 0.0573 e. The average molecular weight is 290 g/mol. The fraction of sp³-hybridized carbons (Fsp3) is 0.737. The number of nitrogens with two attached hydrogens (primary N) is 1. The van der Waals surface area contributed by atoms with E-state index in [9.17, 15) is 0 Å². The summed E-state index contributed by atoms with van der Waals surface area (Å²) in [5.74, 6) is 0. The van der Waals surface area contributed by atoms with Gasteiger partial charge in [-0.3, -0.25) is 4.98 Å². The summed E-state index contributed by atoms with van der Waals surface area (Å²) in [4.78, 5) is 4.38. The minimum absolute atomic E-state index is 0.110. The molecule has 0 fully saturated rings. The number of hydrogen-bond acceptors (Lipinski definition) is 2. The van der Waals surface area contributed by atoms with Crippen LogP contribution in [0.4, 0.5) is 0 Å². The van der Waals surface area contributed by atoms with Gasteiger partial charge in [-0.1, -0.05) is 71.1 Å². The molecule has 0 amide bonds. The van der Waals surface area contributed by atoms with E-state index in [4.69, 9.17) is 5.73 Å². The molecule has 1 unspecified atom stereocenters. The molecule has 0 aliphatic carbocycles. The molecule has 0 spiro atoms. The maximum atomic E-state index is 6.21. The second-order valence-electron chi connectivity index (χ2n) is 6.34. The maximum absolute atomic E-state index is 6.21. The Labute approximate surface area is 131 Å². The second-order valence-corrected chi connectivity index (χ2v) is 6.34. The monoisotopic (exact) mass is 290 g/mol. The topological polar surface area (TPSA) is 38.9 Å². The van der Waals surface area contributed by atoms with Crippen molar-refractivity contribution in [3.05, 3.63) is 29.6 Å². The van der Waals surface area contributed by atoms with Crippen LogP contribution >= 0.6 is 0 Å². The van der Waals surface area contributed by atoms with Gasteiger partial charge >= 0.3 is 0 Å². The van der Waals surface area contributed by atoms with Crippen LogP contribution in [0.3, 0.4) is 0 Å². The summed E-state index contributed by atoms with van der Waals surface area (Å²) in [5.41, 5.74) is 8.51. The Morgan fingerprint density at radius 1 is 0.952 bits per heavy atom. The van der Waals surface area contributed by atoms with Crippen molar-refractivity contribution in [1.29, 1.82) is 0 Å². The number of rotatable bonds is 12. The van der Waals surface area contributed by atoms with Crippen molar-refractivity contribution >= 4 is 0 Å². The van der Waals surface area contributed by atoms with Gasteiger partial charge in [0.2, 0.25) is 0 Å². The number of aromatic nitrogens is 1. The Morgan fingerprint density at radius 2 is 1.52 bits per heavy atom. The molecule has 1 atom stereocenters.